The molecule has 5 aromatic rings. The third-order valence-electron chi connectivity index (χ3n) is 8.54. The van der Waals surface area contributed by atoms with Crippen LogP contribution in [0.25, 0.3) is 33.5 Å². The van der Waals surface area contributed by atoms with Crippen LogP contribution in [0.15, 0.2) is 66.7 Å². The average molecular weight is 713 g/mol. The van der Waals surface area contributed by atoms with E-state index < -0.39 is 48.3 Å². The van der Waals surface area contributed by atoms with Gasteiger partial charge in [-0.1, -0.05) is 54.6 Å². The number of hydrogen-bond donors (Lipinski definition) is 1. The average Bonchev–Trinajstić information content (AvgIpc) is 3.92. The van der Waals surface area contributed by atoms with Gasteiger partial charge >= 0.3 is 18.1 Å². The van der Waals surface area contributed by atoms with Gasteiger partial charge in [-0.05, 0) is 41.0 Å². The number of rotatable bonds is 11. The molecular weight excluding hydrogens is 676 g/mol. The lowest BCUT2D eigenvalue weighted by molar-refractivity contribution is -0.162. The molecule has 4 atom stereocenters. The summed E-state index contributed by atoms with van der Waals surface area (Å²) in [5.41, 5.74) is 4.84. The number of aromatic amines is 1. The van der Waals surface area contributed by atoms with E-state index in [0.717, 1.165) is 22.3 Å². The van der Waals surface area contributed by atoms with E-state index in [-0.39, 0.29) is 18.8 Å². The van der Waals surface area contributed by atoms with Gasteiger partial charge in [-0.15, -0.1) is 10.2 Å². The minimum absolute atomic E-state index is 0.0207. The molecule has 16 heteroatoms. The number of hydrogen-bond acceptors (Lipinski definition) is 14. The smallest absolute Gasteiger partial charge is 0.465 e. The van der Waals surface area contributed by atoms with Crippen LogP contribution < -0.4 is 4.74 Å². The predicted octanol–water partition coefficient (Wildman–Crippen LogP) is 4.47. The van der Waals surface area contributed by atoms with Crippen molar-refractivity contribution in [3.63, 3.8) is 0 Å². The van der Waals surface area contributed by atoms with Gasteiger partial charge in [0.05, 0.1) is 43.0 Å². The predicted molar refractivity (Wildman–Crippen MR) is 181 cm³/mol. The molecule has 0 aliphatic carbocycles. The number of tetrazole rings is 1. The molecule has 0 bridgehead atoms. The number of fused-ring (bicyclic) bond motifs is 2. The first-order valence-corrected chi connectivity index (χ1v) is 16.7. The molecule has 0 amide bonds. The van der Waals surface area contributed by atoms with Crippen molar-refractivity contribution in [2.45, 2.75) is 64.4 Å². The molecule has 270 valence electrons. The summed E-state index contributed by atoms with van der Waals surface area (Å²) in [6, 6.07) is 21.1. The molecule has 2 aromatic heterocycles. The molecule has 0 saturated carbocycles. The highest BCUT2D eigenvalue weighted by Crippen LogP contribution is 2.33. The molecule has 2 saturated heterocycles. The van der Waals surface area contributed by atoms with Crippen LogP contribution in [0.5, 0.6) is 6.01 Å². The van der Waals surface area contributed by atoms with E-state index in [9.17, 15) is 14.4 Å². The Hall–Kier alpha value is -5.87. The van der Waals surface area contributed by atoms with Crippen molar-refractivity contribution in [1.82, 2.24) is 30.2 Å². The molecule has 0 unspecified atom stereocenters. The number of nitrogens with zero attached hydrogens (tertiary/aromatic N) is 5. The van der Waals surface area contributed by atoms with Crippen LogP contribution in [0.4, 0.5) is 4.79 Å². The Morgan fingerprint density at radius 2 is 1.62 bits per heavy atom. The number of H-pyrrole nitrogens is 1. The second kappa shape index (κ2) is 14.4. The van der Waals surface area contributed by atoms with Crippen LogP contribution in [0, 0.1) is 0 Å². The maximum atomic E-state index is 13.7. The molecule has 0 spiro atoms. The van der Waals surface area contributed by atoms with Gasteiger partial charge < -0.3 is 33.2 Å². The number of benzene rings is 3. The molecule has 2 fully saturated rings. The van der Waals surface area contributed by atoms with Crippen molar-refractivity contribution in [3.05, 3.63) is 77.9 Å². The lowest BCUT2D eigenvalue weighted by atomic mass is 9.98. The second-order valence-corrected chi connectivity index (χ2v) is 12.6. The lowest BCUT2D eigenvalue weighted by Gasteiger charge is -2.26. The fraction of sp³-hybridized carbons (Fsp3) is 0.361. The first kappa shape index (κ1) is 34.6. The summed E-state index contributed by atoms with van der Waals surface area (Å²) in [6.45, 7) is 6.79. The normalized spacial score (nSPS) is 19.6. The molecule has 2 aliphatic rings. The third kappa shape index (κ3) is 7.15. The van der Waals surface area contributed by atoms with E-state index >= 15 is 0 Å². The van der Waals surface area contributed by atoms with E-state index in [2.05, 4.69) is 25.6 Å². The Kier molecular flexibility index (Phi) is 9.57. The highest BCUT2D eigenvalue weighted by atomic mass is 16.8. The topological polar surface area (TPSA) is 188 Å². The maximum absolute atomic E-state index is 13.7. The van der Waals surface area contributed by atoms with Crippen molar-refractivity contribution >= 4 is 29.1 Å². The fourth-order valence-corrected chi connectivity index (χ4v) is 6.38. The van der Waals surface area contributed by atoms with E-state index in [1.807, 2.05) is 55.5 Å². The van der Waals surface area contributed by atoms with E-state index in [0.29, 0.717) is 36.0 Å². The zero-order valence-corrected chi connectivity index (χ0v) is 28.8. The summed E-state index contributed by atoms with van der Waals surface area (Å²) >= 11 is 0. The molecular formula is C36H36N6O10. The van der Waals surface area contributed by atoms with Crippen molar-refractivity contribution < 1.29 is 47.5 Å². The van der Waals surface area contributed by atoms with E-state index in [4.69, 9.17) is 33.2 Å². The number of carbonyl (C=O) groups is 3. The Bertz CT molecular complexity index is 2080. The number of carbonyl (C=O) groups excluding carboxylic acids is 3. The van der Waals surface area contributed by atoms with Gasteiger partial charge in [-0.2, -0.15) is 10.2 Å². The minimum Gasteiger partial charge on any atom is -0.465 e. The van der Waals surface area contributed by atoms with Gasteiger partial charge in [0.25, 0.3) is 11.8 Å². The highest BCUT2D eigenvalue weighted by molar-refractivity contribution is 6.02. The Labute approximate surface area is 297 Å². The van der Waals surface area contributed by atoms with E-state index in [1.165, 1.54) is 20.8 Å². The van der Waals surface area contributed by atoms with Gasteiger partial charge in [0.2, 0.25) is 5.82 Å². The summed E-state index contributed by atoms with van der Waals surface area (Å²) in [5.74, 6) is -2.46. The SMILES string of the molecule is CCOc1nc2cccc(C(=O)OC(C)(C)OC(=O)O[C@H]3CO[C@H]4[C@@H]3OC[C@H]4OC(C)=O)c2n1Cc1ccc(-c2ccccc2-c2nn[nH]n2)cc1. The fourth-order valence-electron chi connectivity index (χ4n) is 6.38. The molecule has 4 heterocycles. The quantitative estimate of drug-likeness (QED) is 0.115. The first-order valence-electron chi connectivity index (χ1n) is 16.7. The monoisotopic (exact) mass is 712 g/mol. The first-order chi connectivity index (χ1) is 25.1. The minimum atomic E-state index is -1.73. The van der Waals surface area contributed by atoms with Crippen molar-refractivity contribution in [2.75, 3.05) is 19.8 Å². The number of imidazole rings is 1. The van der Waals surface area contributed by atoms with Gasteiger partial charge in [-0.3, -0.25) is 9.36 Å². The summed E-state index contributed by atoms with van der Waals surface area (Å²) in [7, 11) is 0. The largest absolute Gasteiger partial charge is 0.512 e. The number of para-hydroxylation sites is 1. The van der Waals surface area contributed by atoms with Crippen LogP contribution in [-0.2, 0) is 39.8 Å². The Morgan fingerprint density at radius 3 is 2.29 bits per heavy atom. The number of esters is 2. The third-order valence-corrected chi connectivity index (χ3v) is 8.54. The molecule has 52 heavy (non-hydrogen) atoms. The van der Waals surface area contributed by atoms with Crippen LogP contribution in [0.2, 0.25) is 0 Å². The maximum Gasteiger partial charge on any atom is 0.512 e. The molecule has 16 nitrogen and oxygen atoms in total. The molecule has 1 N–H and O–H groups in total. The zero-order valence-electron chi connectivity index (χ0n) is 28.8. The van der Waals surface area contributed by atoms with Gasteiger partial charge in [-0.25, -0.2) is 9.59 Å². The highest BCUT2D eigenvalue weighted by Gasteiger charge is 2.51. The lowest BCUT2D eigenvalue weighted by Crippen LogP contribution is -2.39. The molecule has 7 rings (SSSR count). The summed E-state index contributed by atoms with van der Waals surface area (Å²) in [4.78, 5) is 42.6. The van der Waals surface area contributed by atoms with Gasteiger partial charge in [0, 0.05) is 26.3 Å². The molecule has 3 aromatic carbocycles. The van der Waals surface area contributed by atoms with Crippen LogP contribution in [0.1, 0.15) is 43.6 Å². The van der Waals surface area contributed by atoms with Crippen LogP contribution >= 0.6 is 0 Å². The van der Waals surface area contributed by atoms with Crippen molar-refractivity contribution in [1.29, 1.82) is 0 Å². The second-order valence-electron chi connectivity index (χ2n) is 12.6. The summed E-state index contributed by atoms with van der Waals surface area (Å²) in [5, 5.41) is 14.5. The van der Waals surface area contributed by atoms with Gasteiger partial charge in [0.15, 0.2) is 12.2 Å². The number of aromatic nitrogens is 6. The Balaban J connectivity index is 1.07. The van der Waals surface area contributed by atoms with Crippen LogP contribution in [-0.4, -0.2) is 98.3 Å². The molecule has 2 aliphatic heterocycles. The van der Waals surface area contributed by atoms with Gasteiger partial charge in [0.1, 0.15) is 12.2 Å². The van der Waals surface area contributed by atoms with Crippen molar-refractivity contribution in [2.24, 2.45) is 0 Å². The summed E-state index contributed by atoms with van der Waals surface area (Å²) < 4.78 is 40.9. The van der Waals surface area contributed by atoms with Crippen LogP contribution in [0.3, 0.4) is 0 Å². The zero-order chi connectivity index (χ0) is 36.4. The standard InChI is InChI=1S/C36H36N6O10/c1-5-46-34-37-26-12-8-11-25(33(44)51-36(3,4)52-35(45)50-28-19-48-30-27(49-20(2)43)18-47-31(28)30)29(26)42(34)17-21-13-15-22(16-14-21)23-9-6-7-10-24(23)32-38-40-41-39-32/h6-16,27-28,30-31H,5,17-19H2,1-4H3,(H,38,39,40,41)/t27-,28+,30-,31-/m1/s1. The number of ether oxygens (including phenoxy) is 7. The van der Waals surface area contributed by atoms with Crippen molar-refractivity contribution in [3.8, 4) is 28.5 Å². The molecule has 0 radical (unpaired) electrons. The number of nitrogens with one attached hydrogen (secondary N) is 1. The Morgan fingerprint density at radius 1 is 0.904 bits per heavy atom. The summed E-state index contributed by atoms with van der Waals surface area (Å²) in [6.07, 6.45) is -3.70. The van der Waals surface area contributed by atoms with E-state index in [1.54, 1.807) is 22.8 Å².